The molecular formula is C18H22N2O4S2. The minimum Gasteiger partial charge on any atom is -0.211 e. The van der Waals surface area contributed by atoms with Crippen LogP contribution >= 0.6 is 0 Å². The number of sulfonamides is 2. The SMILES string of the molecule is C=CS(=O)(=O)NCC1CCCN(S(=O)(=O)c2ccc3ccccc3c2)C1. The molecule has 1 aliphatic rings. The molecule has 2 aromatic rings. The van der Waals surface area contributed by atoms with Crippen LogP contribution in [-0.2, 0) is 20.0 Å². The Morgan fingerprint density at radius 3 is 2.58 bits per heavy atom. The maximum atomic E-state index is 13.0. The minimum atomic E-state index is -3.61. The van der Waals surface area contributed by atoms with Gasteiger partial charge in [0.2, 0.25) is 20.0 Å². The lowest BCUT2D eigenvalue weighted by molar-refractivity contribution is 0.267. The fraction of sp³-hybridized carbons (Fsp3) is 0.333. The first-order chi connectivity index (χ1) is 12.3. The number of hydrogen-bond acceptors (Lipinski definition) is 4. The van der Waals surface area contributed by atoms with Crippen molar-refractivity contribution < 1.29 is 16.8 Å². The zero-order valence-corrected chi connectivity index (χ0v) is 16.0. The summed E-state index contributed by atoms with van der Waals surface area (Å²) in [6, 6.07) is 12.7. The molecule has 8 heteroatoms. The van der Waals surface area contributed by atoms with Crippen molar-refractivity contribution in [3.05, 3.63) is 54.5 Å². The fourth-order valence-corrected chi connectivity index (χ4v) is 5.36. The maximum absolute atomic E-state index is 13.0. The van der Waals surface area contributed by atoms with Crippen molar-refractivity contribution in [1.82, 2.24) is 9.03 Å². The molecule has 0 bridgehead atoms. The molecule has 3 rings (SSSR count). The Hall–Kier alpha value is -1.74. The molecule has 2 aromatic carbocycles. The Morgan fingerprint density at radius 1 is 1.12 bits per heavy atom. The molecule has 140 valence electrons. The van der Waals surface area contributed by atoms with Gasteiger partial charge in [-0.05, 0) is 41.7 Å². The van der Waals surface area contributed by atoms with Crippen molar-refractivity contribution in [2.24, 2.45) is 5.92 Å². The molecule has 0 radical (unpaired) electrons. The standard InChI is InChI=1S/C18H22N2O4S2/c1-2-25(21,22)19-13-15-6-5-11-20(14-15)26(23,24)18-10-9-16-7-3-4-8-17(16)12-18/h2-4,7-10,12,15,19H,1,5-6,11,13-14H2. The van der Waals surface area contributed by atoms with Gasteiger partial charge >= 0.3 is 0 Å². The highest BCUT2D eigenvalue weighted by Crippen LogP contribution is 2.26. The number of rotatable bonds is 6. The lowest BCUT2D eigenvalue weighted by Gasteiger charge is -2.32. The van der Waals surface area contributed by atoms with Crippen LogP contribution in [0, 0.1) is 5.92 Å². The van der Waals surface area contributed by atoms with Crippen LogP contribution in [0.5, 0.6) is 0 Å². The summed E-state index contributed by atoms with van der Waals surface area (Å²) in [5, 5.41) is 2.72. The molecule has 1 fully saturated rings. The van der Waals surface area contributed by atoms with Gasteiger partial charge in [0.1, 0.15) is 0 Å². The molecule has 1 heterocycles. The molecule has 0 amide bonds. The van der Waals surface area contributed by atoms with E-state index >= 15 is 0 Å². The van der Waals surface area contributed by atoms with Gasteiger partial charge in [0.25, 0.3) is 0 Å². The second kappa shape index (κ2) is 7.48. The van der Waals surface area contributed by atoms with E-state index in [-0.39, 0.29) is 17.4 Å². The smallest absolute Gasteiger partial charge is 0.211 e. The first-order valence-corrected chi connectivity index (χ1v) is 11.4. The van der Waals surface area contributed by atoms with E-state index in [9.17, 15) is 16.8 Å². The van der Waals surface area contributed by atoms with Crippen LogP contribution in [0.4, 0.5) is 0 Å². The highest BCUT2D eigenvalue weighted by Gasteiger charge is 2.30. The van der Waals surface area contributed by atoms with E-state index in [1.807, 2.05) is 30.3 Å². The molecule has 1 saturated heterocycles. The average molecular weight is 395 g/mol. The van der Waals surface area contributed by atoms with Gasteiger partial charge in [-0.2, -0.15) is 4.31 Å². The quantitative estimate of drug-likeness (QED) is 0.815. The van der Waals surface area contributed by atoms with Crippen molar-refractivity contribution in [3.63, 3.8) is 0 Å². The summed E-state index contributed by atoms with van der Waals surface area (Å²) >= 11 is 0. The summed E-state index contributed by atoms with van der Waals surface area (Å²) in [6.45, 7) is 4.21. The van der Waals surface area contributed by atoms with Crippen molar-refractivity contribution in [2.45, 2.75) is 17.7 Å². The van der Waals surface area contributed by atoms with Gasteiger partial charge in [-0.1, -0.05) is 36.9 Å². The van der Waals surface area contributed by atoms with E-state index in [4.69, 9.17) is 0 Å². The number of nitrogens with zero attached hydrogens (tertiary/aromatic N) is 1. The van der Waals surface area contributed by atoms with E-state index in [1.54, 1.807) is 12.1 Å². The van der Waals surface area contributed by atoms with Crippen LogP contribution < -0.4 is 4.72 Å². The van der Waals surface area contributed by atoms with Crippen LogP contribution in [-0.4, -0.2) is 40.8 Å². The third-order valence-corrected chi connectivity index (χ3v) is 7.50. The van der Waals surface area contributed by atoms with Gasteiger partial charge in [0, 0.05) is 25.0 Å². The van der Waals surface area contributed by atoms with E-state index in [1.165, 1.54) is 4.31 Å². The monoisotopic (exact) mass is 394 g/mol. The van der Waals surface area contributed by atoms with Gasteiger partial charge in [0.05, 0.1) is 4.90 Å². The summed E-state index contributed by atoms with van der Waals surface area (Å²) in [4.78, 5) is 0.267. The summed E-state index contributed by atoms with van der Waals surface area (Å²) in [6.07, 6.45) is 1.48. The van der Waals surface area contributed by atoms with E-state index in [0.29, 0.717) is 19.5 Å². The van der Waals surface area contributed by atoms with Crippen LogP contribution in [0.25, 0.3) is 10.8 Å². The van der Waals surface area contributed by atoms with Crippen molar-refractivity contribution >= 4 is 30.8 Å². The van der Waals surface area contributed by atoms with Crippen LogP contribution in [0.2, 0.25) is 0 Å². The molecule has 6 nitrogen and oxygen atoms in total. The number of nitrogens with one attached hydrogen (secondary N) is 1. The number of fused-ring (bicyclic) bond motifs is 1. The van der Waals surface area contributed by atoms with Gasteiger partial charge in [0.15, 0.2) is 0 Å². The second-order valence-electron chi connectivity index (χ2n) is 6.44. The van der Waals surface area contributed by atoms with Crippen LogP contribution in [0.3, 0.4) is 0 Å². The molecule has 26 heavy (non-hydrogen) atoms. The molecule has 1 N–H and O–H groups in total. The minimum absolute atomic E-state index is 0.0614. The summed E-state index contributed by atoms with van der Waals surface area (Å²) in [7, 11) is -7.11. The Balaban J connectivity index is 1.78. The second-order valence-corrected chi connectivity index (χ2v) is 10.1. The molecule has 1 aliphatic heterocycles. The Morgan fingerprint density at radius 2 is 1.85 bits per heavy atom. The number of hydrogen-bond donors (Lipinski definition) is 1. The summed E-state index contributed by atoms with van der Waals surface area (Å²) < 4.78 is 52.9. The van der Waals surface area contributed by atoms with Crippen molar-refractivity contribution in [1.29, 1.82) is 0 Å². The summed E-state index contributed by atoms with van der Waals surface area (Å²) in [5.41, 5.74) is 0. The molecule has 0 aliphatic carbocycles. The third kappa shape index (κ3) is 4.15. The van der Waals surface area contributed by atoms with Gasteiger partial charge in [-0.25, -0.2) is 21.6 Å². The van der Waals surface area contributed by atoms with Crippen LogP contribution in [0.1, 0.15) is 12.8 Å². The topological polar surface area (TPSA) is 83.6 Å². The molecule has 0 spiro atoms. The zero-order chi connectivity index (χ0) is 18.8. The molecule has 0 aromatic heterocycles. The summed E-state index contributed by atoms with van der Waals surface area (Å²) in [5.74, 6) is -0.0614. The first-order valence-electron chi connectivity index (χ1n) is 8.43. The highest BCUT2D eigenvalue weighted by molar-refractivity contribution is 7.92. The normalized spacial score (nSPS) is 19.5. The highest BCUT2D eigenvalue weighted by atomic mass is 32.2. The Bertz CT molecular complexity index is 1020. The number of benzene rings is 2. The predicted octanol–water partition coefficient (Wildman–Crippen LogP) is 2.30. The maximum Gasteiger partial charge on any atom is 0.243 e. The Kier molecular flexibility index (Phi) is 5.47. The molecule has 1 atom stereocenters. The van der Waals surface area contributed by atoms with Crippen molar-refractivity contribution in [3.8, 4) is 0 Å². The van der Waals surface area contributed by atoms with E-state index in [0.717, 1.165) is 22.6 Å². The van der Waals surface area contributed by atoms with E-state index < -0.39 is 20.0 Å². The number of piperidine rings is 1. The third-order valence-electron chi connectivity index (χ3n) is 4.63. The van der Waals surface area contributed by atoms with Gasteiger partial charge < -0.3 is 0 Å². The fourth-order valence-electron chi connectivity index (χ4n) is 3.18. The molecule has 1 unspecified atom stereocenters. The lowest BCUT2D eigenvalue weighted by atomic mass is 10.0. The van der Waals surface area contributed by atoms with Crippen LogP contribution in [0.15, 0.2) is 59.3 Å². The largest absolute Gasteiger partial charge is 0.243 e. The zero-order valence-electron chi connectivity index (χ0n) is 14.3. The van der Waals surface area contributed by atoms with E-state index in [2.05, 4.69) is 11.3 Å². The Labute approximate surface area is 154 Å². The average Bonchev–Trinajstić information content (AvgIpc) is 2.66. The van der Waals surface area contributed by atoms with Crippen molar-refractivity contribution in [2.75, 3.05) is 19.6 Å². The molecular weight excluding hydrogens is 372 g/mol. The first kappa shape index (κ1) is 19.0. The lowest BCUT2D eigenvalue weighted by Crippen LogP contribution is -2.43. The predicted molar refractivity (Wildman–Crippen MR) is 103 cm³/mol. The van der Waals surface area contributed by atoms with Gasteiger partial charge in [-0.15, -0.1) is 0 Å². The van der Waals surface area contributed by atoms with Gasteiger partial charge in [-0.3, -0.25) is 0 Å². The molecule has 0 saturated carbocycles.